The minimum atomic E-state index is -0.334. The van der Waals surface area contributed by atoms with Gasteiger partial charge in [0.15, 0.2) is 0 Å². The van der Waals surface area contributed by atoms with Crippen molar-refractivity contribution in [3.8, 4) is 5.75 Å². The molecule has 1 aromatic heterocycles. The van der Waals surface area contributed by atoms with Gasteiger partial charge >= 0.3 is 0 Å². The molecule has 0 fully saturated rings. The van der Waals surface area contributed by atoms with Crippen LogP contribution in [0.2, 0.25) is 0 Å². The van der Waals surface area contributed by atoms with Crippen molar-refractivity contribution in [1.29, 1.82) is 0 Å². The maximum absolute atomic E-state index is 13.7. The summed E-state index contributed by atoms with van der Waals surface area (Å²) in [5, 5.41) is 3.42. The summed E-state index contributed by atoms with van der Waals surface area (Å²) < 4.78 is 21.5. The zero-order chi connectivity index (χ0) is 15.6. The Morgan fingerprint density at radius 3 is 2.48 bits per heavy atom. The summed E-state index contributed by atoms with van der Waals surface area (Å²) in [4.78, 5) is 1.12. The maximum Gasteiger partial charge on any atom is 0.141 e. The van der Waals surface area contributed by atoms with Gasteiger partial charge in [0.05, 0.1) is 21.4 Å². The molecule has 0 bridgehead atoms. The van der Waals surface area contributed by atoms with Crippen molar-refractivity contribution in [3.63, 3.8) is 0 Å². The van der Waals surface area contributed by atoms with E-state index in [4.69, 9.17) is 4.74 Å². The number of hydrogen-bond donors (Lipinski definition) is 1. The summed E-state index contributed by atoms with van der Waals surface area (Å²) in [6, 6.07) is 5.16. The van der Waals surface area contributed by atoms with E-state index in [1.54, 1.807) is 24.5 Å². The molecule has 0 radical (unpaired) electrons. The molecular formula is C14H13Br3FNOS. The van der Waals surface area contributed by atoms with Gasteiger partial charge in [-0.15, -0.1) is 11.3 Å². The smallest absolute Gasteiger partial charge is 0.141 e. The van der Waals surface area contributed by atoms with Crippen LogP contribution in [0.4, 0.5) is 4.39 Å². The lowest BCUT2D eigenvalue weighted by atomic mass is 10.0. The zero-order valence-electron chi connectivity index (χ0n) is 11.3. The predicted molar refractivity (Wildman–Crippen MR) is 95.9 cm³/mol. The average molecular weight is 502 g/mol. The molecule has 0 aliphatic heterocycles. The fraction of sp³-hybridized carbons (Fsp3) is 0.286. The molecule has 1 N–H and O–H groups in total. The third-order valence-electron chi connectivity index (χ3n) is 2.94. The molecule has 2 rings (SSSR count). The minimum Gasteiger partial charge on any atom is -0.496 e. The molecule has 1 heterocycles. The Morgan fingerprint density at radius 2 is 1.95 bits per heavy atom. The van der Waals surface area contributed by atoms with Gasteiger partial charge in [-0.3, -0.25) is 0 Å². The van der Waals surface area contributed by atoms with Gasteiger partial charge in [0.1, 0.15) is 11.6 Å². The number of nitrogens with one attached hydrogen (secondary N) is 1. The van der Waals surface area contributed by atoms with Crippen LogP contribution < -0.4 is 10.1 Å². The van der Waals surface area contributed by atoms with E-state index in [9.17, 15) is 4.39 Å². The molecule has 7 heteroatoms. The average Bonchev–Trinajstić information content (AvgIpc) is 2.78. The van der Waals surface area contributed by atoms with Crippen molar-refractivity contribution in [2.45, 2.75) is 13.0 Å². The molecule has 0 aliphatic rings. The number of rotatable bonds is 5. The fourth-order valence-electron chi connectivity index (χ4n) is 2.02. The standard InChI is InChI=1S/C14H13Br3FNOS/c1-3-19-13(12-5-9(16)14(17)21-12)7-4-8(15)10(18)6-11(7)20-2/h4-6,13,19H,3H2,1-2H3. The molecule has 0 aliphatic carbocycles. The van der Waals surface area contributed by atoms with E-state index < -0.39 is 0 Å². The summed E-state index contributed by atoms with van der Waals surface area (Å²) in [5.41, 5.74) is 0.897. The minimum absolute atomic E-state index is 0.0607. The number of thiophene rings is 1. The van der Waals surface area contributed by atoms with Gasteiger partial charge in [-0.1, -0.05) is 6.92 Å². The molecule has 114 valence electrons. The van der Waals surface area contributed by atoms with Crippen molar-refractivity contribution in [2.24, 2.45) is 0 Å². The largest absolute Gasteiger partial charge is 0.496 e. The molecule has 1 unspecified atom stereocenters. The quantitative estimate of drug-likeness (QED) is 0.552. The Morgan fingerprint density at radius 1 is 1.24 bits per heavy atom. The Hall–Kier alpha value is 0.0500. The van der Waals surface area contributed by atoms with Gasteiger partial charge in [0, 0.05) is 21.0 Å². The molecular weight excluding hydrogens is 489 g/mol. The van der Waals surface area contributed by atoms with Crippen LogP contribution >= 0.6 is 59.1 Å². The Labute approximate surface area is 152 Å². The highest BCUT2D eigenvalue weighted by molar-refractivity contribution is 9.13. The van der Waals surface area contributed by atoms with Crippen molar-refractivity contribution in [2.75, 3.05) is 13.7 Å². The molecule has 1 atom stereocenters. The monoisotopic (exact) mass is 499 g/mol. The number of hydrogen-bond acceptors (Lipinski definition) is 3. The molecule has 0 saturated heterocycles. The summed E-state index contributed by atoms with van der Waals surface area (Å²) in [6.07, 6.45) is 0. The normalized spacial score (nSPS) is 12.5. The highest BCUT2D eigenvalue weighted by atomic mass is 79.9. The highest BCUT2D eigenvalue weighted by Crippen LogP contribution is 2.40. The Balaban J connectivity index is 2.54. The molecule has 2 nitrogen and oxygen atoms in total. The first-order valence-electron chi connectivity index (χ1n) is 6.19. The van der Waals surface area contributed by atoms with E-state index in [2.05, 4.69) is 59.2 Å². The zero-order valence-corrected chi connectivity index (χ0v) is 16.9. The summed E-state index contributed by atoms with van der Waals surface area (Å²) >= 11 is 11.9. The number of ether oxygens (including phenoxy) is 1. The maximum atomic E-state index is 13.7. The van der Waals surface area contributed by atoms with Gasteiger partial charge < -0.3 is 10.1 Å². The van der Waals surface area contributed by atoms with Crippen molar-refractivity contribution >= 4 is 59.1 Å². The number of methoxy groups -OCH3 is 1. The molecule has 0 saturated carbocycles. The number of benzene rings is 1. The van der Waals surface area contributed by atoms with Gasteiger partial charge in [-0.2, -0.15) is 0 Å². The third kappa shape index (κ3) is 3.88. The van der Waals surface area contributed by atoms with Crippen LogP contribution in [0.25, 0.3) is 0 Å². The summed E-state index contributed by atoms with van der Waals surface area (Å²) in [7, 11) is 1.55. The van der Waals surface area contributed by atoms with E-state index in [0.29, 0.717) is 10.2 Å². The predicted octanol–water partition coefficient (Wildman–Crippen LogP) is 5.88. The lowest BCUT2D eigenvalue weighted by molar-refractivity contribution is 0.400. The van der Waals surface area contributed by atoms with Crippen molar-refractivity contribution < 1.29 is 9.13 Å². The molecule has 0 amide bonds. The van der Waals surface area contributed by atoms with Gasteiger partial charge in [0.2, 0.25) is 0 Å². The lowest BCUT2D eigenvalue weighted by Crippen LogP contribution is -2.21. The topological polar surface area (TPSA) is 21.3 Å². The Bertz CT molecular complexity index is 628. The van der Waals surface area contributed by atoms with Crippen LogP contribution in [0.1, 0.15) is 23.4 Å². The first-order valence-corrected chi connectivity index (χ1v) is 9.38. The van der Waals surface area contributed by atoms with Crippen LogP contribution in [0.3, 0.4) is 0 Å². The molecule has 2 aromatic rings. The molecule has 0 spiro atoms. The highest BCUT2D eigenvalue weighted by Gasteiger charge is 2.22. The van der Waals surface area contributed by atoms with E-state index in [1.165, 1.54) is 6.07 Å². The SMILES string of the molecule is CCNC(c1cc(Br)c(Br)s1)c1cc(Br)c(F)cc1OC. The lowest BCUT2D eigenvalue weighted by Gasteiger charge is -2.20. The third-order valence-corrected chi connectivity index (χ3v) is 6.87. The number of halogens is 4. The van der Waals surface area contributed by atoms with Gasteiger partial charge in [0.25, 0.3) is 0 Å². The first kappa shape index (κ1) is 17.4. The van der Waals surface area contributed by atoms with E-state index in [-0.39, 0.29) is 11.9 Å². The van der Waals surface area contributed by atoms with Gasteiger partial charge in [-0.25, -0.2) is 4.39 Å². The second kappa shape index (κ2) is 7.55. The molecule has 21 heavy (non-hydrogen) atoms. The van der Waals surface area contributed by atoms with Crippen LogP contribution in [-0.2, 0) is 0 Å². The summed E-state index contributed by atoms with van der Waals surface area (Å²) in [6.45, 7) is 2.83. The van der Waals surface area contributed by atoms with Crippen LogP contribution in [0.15, 0.2) is 30.9 Å². The van der Waals surface area contributed by atoms with E-state index in [1.807, 2.05) is 6.92 Å². The Kier molecular flexibility index (Phi) is 6.25. The van der Waals surface area contributed by atoms with Crippen molar-refractivity contribution in [1.82, 2.24) is 5.32 Å². The van der Waals surface area contributed by atoms with Gasteiger partial charge in [-0.05, 0) is 66.5 Å². The van der Waals surface area contributed by atoms with E-state index >= 15 is 0 Å². The van der Waals surface area contributed by atoms with Crippen LogP contribution in [0, 0.1) is 5.82 Å². The second-order valence-electron chi connectivity index (χ2n) is 4.27. The van der Waals surface area contributed by atoms with Crippen molar-refractivity contribution in [3.05, 3.63) is 47.2 Å². The summed E-state index contributed by atoms with van der Waals surface area (Å²) in [5.74, 6) is 0.196. The van der Waals surface area contributed by atoms with Crippen LogP contribution in [0.5, 0.6) is 5.75 Å². The van der Waals surface area contributed by atoms with E-state index in [0.717, 1.165) is 25.2 Å². The van der Waals surface area contributed by atoms with Crippen LogP contribution in [-0.4, -0.2) is 13.7 Å². The first-order chi connectivity index (χ1) is 9.97. The molecule has 1 aromatic carbocycles. The second-order valence-corrected chi connectivity index (χ2v) is 8.38. The fourth-order valence-corrected chi connectivity index (χ4v) is 4.57.